The summed E-state index contributed by atoms with van der Waals surface area (Å²) in [6.07, 6.45) is 0.966. The molecule has 46 heavy (non-hydrogen) atoms. The largest absolute Gasteiger partial charge is 0.495 e. The predicted octanol–water partition coefficient (Wildman–Crippen LogP) is 6.44. The number of rotatable bonds is 14. The van der Waals surface area contributed by atoms with Crippen molar-refractivity contribution >= 4 is 43.5 Å². The minimum atomic E-state index is -4.25. The molecule has 10 heteroatoms. The molecule has 0 aromatic heterocycles. The van der Waals surface area contributed by atoms with Gasteiger partial charge in [-0.1, -0.05) is 89.1 Å². The van der Waals surface area contributed by atoms with Gasteiger partial charge >= 0.3 is 0 Å². The molecule has 1 atom stereocenters. The van der Waals surface area contributed by atoms with Gasteiger partial charge < -0.3 is 15.0 Å². The molecule has 0 aliphatic heterocycles. The molecular formula is C36H40BrN3O5S. The third-order valence-corrected chi connectivity index (χ3v) is 9.82. The highest BCUT2D eigenvalue weighted by molar-refractivity contribution is 9.10. The molecule has 0 unspecified atom stereocenters. The summed E-state index contributed by atoms with van der Waals surface area (Å²) in [6.45, 7) is 5.64. The van der Waals surface area contributed by atoms with E-state index in [0.717, 1.165) is 37.5 Å². The molecule has 0 radical (unpaired) electrons. The fourth-order valence-electron chi connectivity index (χ4n) is 5.10. The SMILES string of the molecule is CCCNC(=O)[C@H](Cc1ccccc1)N(Cc1cccc(Br)c1)C(=O)CN(c1cc(C)ccc1OC)S(=O)(=O)c1ccc(C)cc1. The first kappa shape index (κ1) is 34.7. The fourth-order valence-corrected chi connectivity index (χ4v) is 6.96. The van der Waals surface area contributed by atoms with E-state index in [1.54, 1.807) is 24.3 Å². The number of halogens is 1. The molecule has 0 bridgehead atoms. The minimum Gasteiger partial charge on any atom is -0.495 e. The summed E-state index contributed by atoms with van der Waals surface area (Å²) in [4.78, 5) is 29.9. The van der Waals surface area contributed by atoms with Crippen LogP contribution in [0.15, 0.2) is 106 Å². The number of aryl methyl sites for hydroxylation is 2. The maximum absolute atomic E-state index is 14.6. The molecule has 1 N–H and O–H groups in total. The Morgan fingerprint density at radius 2 is 1.54 bits per heavy atom. The summed E-state index contributed by atoms with van der Waals surface area (Å²) in [7, 11) is -2.79. The molecule has 4 aromatic rings. The van der Waals surface area contributed by atoms with Gasteiger partial charge in [0, 0.05) is 24.0 Å². The number of anilines is 1. The number of amides is 2. The first-order chi connectivity index (χ1) is 22.0. The van der Waals surface area contributed by atoms with Crippen molar-refractivity contribution in [3.8, 4) is 5.75 Å². The van der Waals surface area contributed by atoms with Gasteiger partial charge in [0.15, 0.2) is 0 Å². The first-order valence-corrected chi connectivity index (χ1v) is 17.4. The van der Waals surface area contributed by atoms with Crippen LogP contribution in [0.25, 0.3) is 0 Å². The monoisotopic (exact) mass is 705 g/mol. The normalized spacial score (nSPS) is 11.8. The van der Waals surface area contributed by atoms with Crippen molar-refractivity contribution in [2.45, 2.75) is 51.1 Å². The highest BCUT2D eigenvalue weighted by Gasteiger charge is 2.35. The molecule has 0 aliphatic carbocycles. The Kier molecular flexibility index (Phi) is 12.0. The summed E-state index contributed by atoms with van der Waals surface area (Å²) < 4.78 is 36.2. The lowest BCUT2D eigenvalue weighted by molar-refractivity contribution is -0.140. The standard InChI is InChI=1S/C36H40BrN3O5S/c1-5-20-38-36(42)33(23-28-10-7-6-8-11-28)39(24-29-12-9-13-30(37)22-29)35(41)25-40(32-21-27(3)16-19-34(32)45-4)46(43,44)31-17-14-26(2)15-18-31/h6-19,21-22,33H,5,20,23-25H2,1-4H3,(H,38,42)/t33-/m0/s1. The minimum absolute atomic E-state index is 0.0366. The van der Waals surface area contributed by atoms with Crippen LogP contribution in [0, 0.1) is 13.8 Å². The molecule has 4 aromatic carbocycles. The lowest BCUT2D eigenvalue weighted by atomic mass is 10.0. The average molecular weight is 707 g/mol. The van der Waals surface area contributed by atoms with Gasteiger partial charge in [0.25, 0.3) is 10.0 Å². The number of nitrogens with zero attached hydrogens (tertiary/aromatic N) is 2. The van der Waals surface area contributed by atoms with Gasteiger partial charge in [-0.15, -0.1) is 0 Å². The van der Waals surface area contributed by atoms with E-state index in [1.807, 2.05) is 81.4 Å². The predicted molar refractivity (Wildman–Crippen MR) is 185 cm³/mol. The number of ether oxygens (including phenoxy) is 1. The number of benzene rings is 4. The lowest BCUT2D eigenvalue weighted by Crippen LogP contribution is -2.53. The van der Waals surface area contributed by atoms with E-state index in [9.17, 15) is 18.0 Å². The lowest BCUT2D eigenvalue weighted by Gasteiger charge is -2.34. The molecule has 242 valence electrons. The van der Waals surface area contributed by atoms with Crippen LogP contribution in [0.5, 0.6) is 5.75 Å². The van der Waals surface area contributed by atoms with Crippen molar-refractivity contribution in [1.82, 2.24) is 10.2 Å². The van der Waals surface area contributed by atoms with Gasteiger partial charge in [-0.25, -0.2) is 8.42 Å². The van der Waals surface area contributed by atoms with Crippen LogP contribution in [-0.2, 0) is 32.6 Å². The zero-order valence-corrected chi connectivity index (χ0v) is 29.0. The van der Waals surface area contributed by atoms with E-state index < -0.39 is 28.5 Å². The van der Waals surface area contributed by atoms with Crippen LogP contribution in [-0.4, -0.2) is 51.4 Å². The number of nitrogens with one attached hydrogen (secondary N) is 1. The summed E-state index contributed by atoms with van der Waals surface area (Å²) in [6, 6.07) is 27.7. The Morgan fingerprint density at radius 3 is 2.20 bits per heavy atom. The highest BCUT2D eigenvalue weighted by atomic mass is 79.9. The van der Waals surface area contributed by atoms with Gasteiger partial charge in [-0.3, -0.25) is 13.9 Å². The smallest absolute Gasteiger partial charge is 0.264 e. The molecule has 2 amide bonds. The van der Waals surface area contributed by atoms with Crippen LogP contribution in [0.4, 0.5) is 5.69 Å². The number of carbonyl (C=O) groups is 2. The van der Waals surface area contributed by atoms with Gasteiger partial charge in [0.2, 0.25) is 11.8 Å². The third-order valence-electron chi connectivity index (χ3n) is 7.55. The van der Waals surface area contributed by atoms with E-state index in [4.69, 9.17) is 4.74 Å². The van der Waals surface area contributed by atoms with Crippen molar-refractivity contribution in [2.75, 3.05) is 24.5 Å². The van der Waals surface area contributed by atoms with Gasteiger partial charge in [0.1, 0.15) is 18.3 Å². The molecule has 4 rings (SSSR count). The Balaban J connectivity index is 1.85. The number of sulfonamides is 1. The fraction of sp³-hybridized carbons (Fsp3) is 0.278. The van der Waals surface area contributed by atoms with Gasteiger partial charge in [-0.2, -0.15) is 0 Å². The van der Waals surface area contributed by atoms with E-state index in [2.05, 4.69) is 21.2 Å². The van der Waals surface area contributed by atoms with Gasteiger partial charge in [-0.05, 0) is 73.4 Å². The molecule has 0 saturated heterocycles. The summed E-state index contributed by atoms with van der Waals surface area (Å²) >= 11 is 3.51. The number of methoxy groups -OCH3 is 1. The Bertz CT molecular complexity index is 1750. The van der Waals surface area contributed by atoms with E-state index in [0.29, 0.717) is 12.3 Å². The molecule has 0 saturated carbocycles. The van der Waals surface area contributed by atoms with Crippen molar-refractivity contribution in [1.29, 1.82) is 0 Å². The summed E-state index contributed by atoms with van der Waals surface area (Å²) in [5.41, 5.74) is 3.57. The third kappa shape index (κ3) is 8.76. The summed E-state index contributed by atoms with van der Waals surface area (Å²) in [5.74, 6) is -0.545. The Labute approximate surface area is 280 Å². The van der Waals surface area contributed by atoms with Crippen LogP contribution in [0.3, 0.4) is 0 Å². The van der Waals surface area contributed by atoms with Crippen molar-refractivity contribution < 1.29 is 22.7 Å². The second-order valence-electron chi connectivity index (χ2n) is 11.1. The molecule has 0 fully saturated rings. The molecule has 0 spiro atoms. The van der Waals surface area contributed by atoms with Gasteiger partial charge in [0.05, 0.1) is 17.7 Å². The maximum atomic E-state index is 14.6. The van der Waals surface area contributed by atoms with Crippen LogP contribution in [0.1, 0.15) is 35.6 Å². The van der Waals surface area contributed by atoms with Crippen molar-refractivity contribution in [3.05, 3.63) is 124 Å². The Morgan fingerprint density at radius 1 is 0.870 bits per heavy atom. The quantitative estimate of drug-likeness (QED) is 0.163. The van der Waals surface area contributed by atoms with Crippen LogP contribution in [0.2, 0.25) is 0 Å². The number of hydrogen-bond donors (Lipinski definition) is 1. The highest BCUT2D eigenvalue weighted by Crippen LogP contribution is 2.34. The molecular weight excluding hydrogens is 666 g/mol. The average Bonchev–Trinajstić information content (AvgIpc) is 3.04. The van der Waals surface area contributed by atoms with E-state index in [-0.39, 0.29) is 29.5 Å². The topological polar surface area (TPSA) is 96.0 Å². The zero-order valence-electron chi connectivity index (χ0n) is 26.6. The molecule has 0 aliphatic rings. The van der Waals surface area contributed by atoms with Crippen molar-refractivity contribution in [2.24, 2.45) is 0 Å². The van der Waals surface area contributed by atoms with Crippen molar-refractivity contribution in [3.63, 3.8) is 0 Å². The first-order valence-electron chi connectivity index (χ1n) is 15.1. The second kappa shape index (κ2) is 15.9. The zero-order chi connectivity index (χ0) is 33.3. The van der Waals surface area contributed by atoms with E-state index in [1.165, 1.54) is 24.1 Å². The molecule has 8 nitrogen and oxygen atoms in total. The number of hydrogen-bond acceptors (Lipinski definition) is 5. The van der Waals surface area contributed by atoms with Crippen LogP contribution < -0.4 is 14.4 Å². The second-order valence-corrected chi connectivity index (χ2v) is 13.9. The van der Waals surface area contributed by atoms with Crippen LogP contribution >= 0.6 is 15.9 Å². The Hall–Kier alpha value is -4.15. The van der Waals surface area contributed by atoms with E-state index >= 15 is 0 Å². The number of carbonyl (C=O) groups excluding carboxylic acids is 2. The molecule has 0 heterocycles. The maximum Gasteiger partial charge on any atom is 0.264 e. The summed E-state index contributed by atoms with van der Waals surface area (Å²) in [5, 5.41) is 2.96.